The number of hydrogen-bond donors (Lipinski definition) is 1. The van der Waals surface area contributed by atoms with Gasteiger partial charge in [0.2, 0.25) is 5.91 Å². The van der Waals surface area contributed by atoms with Crippen LogP contribution < -0.4 is 10.2 Å². The largest absolute Gasteiger partial charge is 0.756 e. The molecule has 0 aromatic heterocycles. The summed E-state index contributed by atoms with van der Waals surface area (Å²) in [6, 6.07) is -0.892. The van der Waals surface area contributed by atoms with Crippen LogP contribution in [0.4, 0.5) is 0 Å². The molecule has 0 aromatic carbocycles. The highest BCUT2D eigenvalue weighted by Crippen LogP contribution is 2.38. The minimum atomic E-state index is -4.70. The van der Waals surface area contributed by atoms with Crippen molar-refractivity contribution in [3.8, 4) is 0 Å². The van der Waals surface area contributed by atoms with Crippen LogP contribution in [0.3, 0.4) is 0 Å². The second-order valence-corrected chi connectivity index (χ2v) is 23.7. The molecule has 0 fully saturated rings. The highest BCUT2D eigenvalue weighted by molar-refractivity contribution is 7.45. The van der Waals surface area contributed by atoms with E-state index in [-0.39, 0.29) is 24.9 Å². The maximum atomic E-state index is 13.5. The highest BCUT2D eigenvalue weighted by atomic mass is 31.2. The third kappa shape index (κ3) is 54.6. The van der Waals surface area contributed by atoms with Gasteiger partial charge in [-0.25, -0.2) is 0 Å². The van der Waals surface area contributed by atoms with E-state index in [0.29, 0.717) is 17.4 Å². The fourth-order valence-corrected chi connectivity index (χ4v) is 9.78. The number of phosphoric acid groups is 1. The van der Waals surface area contributed by atoms with Gasteiger partial charge in [-0.2, -0.15) is 0 Å². The van der Waals surface area contributed by atoms with E-state index < -0.39 is 26.6 Å². The zero-order valence-corrected chi connectivity index (χ0v) is 49.7. The smallest absolute Gasteiger partial charge is 0.306 e. The number of nitrogens with zero attached hydrogens (tertiary/aromatic N) is 1. The van der Waals surface area contributed by atoms with Crippen LogP contribution in [0.1, 0.15) is 290 Å². The molecule has 428 valence electrons. The van der Waals surface area contributed by atoms with Crippen molar-refractivity contribution in [3.63, 3.8) is 0 Å². The van der Waals surface area contributed by atoms with Crippen LogP contribution in [0, 0.1) is 0 Å². The molecule has 1 N–H and O–H groups in total. The second-order valence-electron chi connectivity index (χ2n) is 22.2. The lowest BCUT2D eigenvalue weighted by Crippen LogP contribution is -2.47. The number of nitrogens with one attached hydrogen (secondary N) is 1. The first kappa shape index (κ1) is 71.0. The molecule has 1 amide bonds. The topological polar surface area (TPSA) is 114 Å². The van der Waals surface area contributed by atoms with Gasteiger partial charge in [-0.3, -0.25) is 14.2 Å². The van der Waals surface area contributed by atoms with Crippen molar-refractivity contribution in [1.29, 1.82) is 0 Å². The molecule has 0 aromatic rings. The Balaban J connectivity index is 5.16. The normalized spacial score (nSPS) is 14.0. The predicted molar refractivity (Wildman–Crippen MR) is 312 cm³/mol. The minimum absolute atomic E-state index is 0.0241. The molecule has 0 spiro atoms. The van der Waals surface area contributed by atoms with Crippen LogP contribution in [0.15, 0.2) is 48.6 Å². The van der Waals surface area contributed by atoms with E-state index in [4.69, 9.17) is 13.8 Å². The molecule has 73 heavy (non-hydrogen) atoms. The molecule has 0 bridgehead atoms. The molecular weight excluding hydrogens is 928 g/mol. The Labute approximate surface area is 452 Å². The number of unbranched alkanes of at least 4 members (excludes halogenated alkanes) is 36. The Morgan fingerprint density at radius 2 is 0.877 bits per heavy atom. The van der Waals surface area contributed by atoms with Gasteiger partial charge in [-0.05, 0) is 51.0 Å². The number of rotatable bonds is 56. The van der Waals surface area contributed by atoms with E-state index >= 15 is 0 Å². The highest BCUT2D eigenvalue weighted by Gasteiger charge is 2.27. The zero-order chi connectivity index (χ0) is 53.6. The van der Waals surface area contributed by atoms with Crippen LogP contribution >= 0.6 is 7.82 Å². The van der Waals surface area contributed by atoms with E-state index in [1.807, 2.05) is 33.3 Å². The summed E-state index contributed by atoms with van der Waals surface area (Å²) >= 11 is 0. The maximum Gasteiger partial charge on any atom is 0.306 e. The number of allylic oxidation sites excluding steroid dienone is 7. The van der Waals surface area contributed by atoms with Gasteiger partial charge in [0.15, 0.2) is 0 Å². The predicted octanol–water partition coefficient (Wildman–Crippen LogP) is 18.3. The molecule has 10 heteroatoms. The van der Waals surface area contributed by atoms with Gasteiger partial charge in [-0.15, -0.1) is 0 Å². The second kappa shape index (κ2) is 53.4. The molecule has 3 atom stereocenters. The molecule has 0 aliphatic heterocycles. The molecule has 0 aliphatic rings. The van der Waals surface area contributed by atoms with Crippen molar-refractivity contribution in [2.45, 2.75) is 303 Å². The van der Waals surface area contributed by atoms with E-state index in [0.717, 1.165) is 77.0 Å². The fraction of sp³-hybridized carbons (Fsp3) is 0.841. The number of carbonyl (C=O) groups excluding carboxylic acids is 2. The van der Waals surface area contributed by atoms with Crippen LogP contribution in [0.2, 0.25) is 0 Å². The molecule has 0 radical (unpaired) electrons. The number of ether oxygens (including phenoxy) is 1. The Bertz CT molecular complexity index is 1390. The summed E-state index contributed by atoms with van der Waals surface area (Å²) in [7, 11) is 1.18. The number of hydrogen-bond acceptors (Lipinski definition) is 7. The Morgan fingerprint density at radius 1 is 0.493 bits per heavy atom. The molecule has 3 unspecified atom stereocenters. The van der Waals surface area contributed by atoms with Gasteiger partial charge in [-0.1, -0.05) is 275 Å². The summed E-state index contributed by atoms with van der Waals surface area (Å²) in [5.41, 5.74) is 0. The third-order valence-corrected chi connectivity index (χ3v) is 14.8. The molecular formula is C63H119N2O7P. The van der Waals surface area contributed by atoms with Crippen LogP contribution in [-0.4, -0.2) is 69.4 Å². The van der Waals surface area contributed by atoms with Crippen molar-refractivity contribution >= 4 is 19.7 Å². The zero-order valence-electron chi connectivity index (χ0n) is 48.8. The molecule has 0 aliphatic carbocycles. The molecule has 9 nitrogen and oxygen atoms in total. The van der Waals surface area contributed by atoms with Gasteiger partial charge in [0, 0.05) is 12.8 Å². The van der Waals surface area contributed by atoms with Gasteiger partial charge >= 0.3 is 5.97 Å². The van der Waals surface area contributed by atoms with Crippen LogP contribution in [-0.2, 0) is 27.9 Å². The third-order valence-electron chi connectivity index (χ3n) is 13.8. The minimum Gasteiger partial charge on any atom is -0.756 e. The van der Waals surface area contributed by atoms with Crippen molar-refractivity contribution in [2.24, 2.45) is 0 Å². The Morgan fingerprint density at radius 3 is 1.30 bits per heavy atom. The van der Waals surface area contributed by atoms with E-state index in [1.165, 1.54) is 180 Å². The Hall–Kier alpha value is -2.03. The number of quaternary nitrogens is 1. The Kier molecular flexibility index (Phi) is 51.9. The first-order chi connectivity index (χ1) is 35.4. The van der Waals surface area contributed by atoms with E-state index in [1.54, 1.807) is 0 Å². The van der Waals surface area contributed by atoms with Crippen molar-refractivity contribution in [2.75, 3.05) is 40.9 Å². The number of amides is 1. The number of phosphoric ester groups is 1. The van der Waals surface area contributed by atoms with Crippen molar-refractivity contribution in [3.05, 3.63) is 48.6 Å². The fourth-order valence-electron chi connectivity index (χ4n) is 9.05. The van der Waals surface area contributed by atoms with Gasteiger partial charge in [0.25, 0.3) is 7.82 Å². The first-order valence-corrected chi connectivity index (χ1v) is 32.4. The summed E-state index contributed by atoms with van der Waals surface area (Å²) in [6.07, 6.45) is 65.1. The standard InChI is InChI=1S/C63H119N2O7P/c1-7-10-13-16-19-22-25-27-29-30-31-32-33-34-36-38-41-44-47-50-53-56-63(67)72-61(54-51-48-45-42-39-24-21-18-15-12-9-3)60(59-71-73(68,69)70-58-57-65(4,5)6)64-62(66)55-52-49-46-43-40-37-35-28-26-23-20-17-14-11-8-2/h11,14,17,20,23,26,51,54,60-61H,7-10,12-13,15-16,18-19,21-22,24-25,27-50,52-53,55-59H2,1-6H3,(H-,64,66,68,69)/b14-11+,20-17+,26-23+,54-51-. The quantitative estimate of drug-likeness (QED) is 0.0161. The summed E-state index contributed by atoms with van der Waals surface area (Å²) in [6.45, 7) is 6.72. The molecule has 0 heterocycles. The van der Waals surface area contributed by atoms with Gasteiger partial charge in [0.1, 0.15) is 19.3 Å². The summed E-state index contributed by atoms with van der Waals surface area (Å²) in [5, 5.41) is 3.02. The number of likely N-dealkylation sites (N-methyl/N-ethyl adjacent to an activating group) is 1. The monoisotopic (exact) mass is 1050 g/mol. The van der Waals surface area contributed by atoms with E-state index in [9.17, 15) is 19.0 Å². The van der Waals surface area contributed by atoms with Crippen molar-refractivity contribution in [1.82, 2.24) is 5.32 Å². The first-order valence-electron chi connectivity index (χ1n) is 31.0. The lowest BCUT2D eigenvalue weighted by molar-refractivity contribution is -0.870. The summed E-state index contributed by atoms with van der Waals surface area (Å²) < 4.78 is 30.3. The number of esters is 1. The van der Waals surface area contributed by atoms with Crippen LogP contribution in [0.5, 0.6) is 0 Å². The summed E-state index contributed by atoms with van der Waals surface area (Å²) in [4.78, 5) is 39.9. The maximum absolute atomic E-state index is 13.5. The SMILES string of the molecule is CC/C=C/C=C/C=C/CCCCCCCCCC(=O)NC(COP(=O)([O-])OCC[N+](C)(C)C)C(/C=C\CCCCCCCCCCC)OC(=O)CCCCCCCCCCCCCCCCCCCCCCC. The van der Waals surface area contributed by atoms with Gasteiger partial charge < -0.3 is 28.5 Å². The van der Waals surface area contributed by atoms with Crippen LogP contribution in [0.25, 0.3) is 0 Å². The lowest BCUT2D eigenvalue weighted by atomic mass is 10.0. The average Bonchev–Trinajstić information content (AvgIpc) is 3.35. The molecule has 0 rings (SSSR count). The molecule has 0 saturated heterocycles. The number of carbonyl (C=O) groups is 2. The van der Waals surface area contributed by atoms with Crippen molar-refractivity contribution < 1.29 is 37.3 Å². The van der Waals surface area contributed by atoms with E-state index in [2.05, 4.69) is 62.5 Å². The molecule has 0 saturated carbocycles. The summed E-state index contributed by atoms with van der Waals surface area (Å²) in [5.74, 6) is -0.545. The lowest BCUT2D eigenvalue weighted by Gasteiger charge is -2.30. The van der Waals surface area contributed by atoms with Gasteiger partial charge in [0.05, 0.1) is 33.8 Å². The average molecular weight is 1050 g/mol.